The lowest BCUT2D eigenvalue weighted by atomic mass is 10.2. The lowest BCUT2D eigenvalue weighted by molar-refractivity contribution is 0.331. The summed E-state index contributed by atoms with van der Waals surface area (Å²) in [6.07, 6.45) is 2.68. The highest BCUT2D eigenvalue weighted by Gasteiger charge is 2.12. The zero-order valence-electron chi connectivity index (χ0n) is 7.97. The average Bonchev–Trinajstić information content (AvgIpc) is 2.62. The van der Waals surface area contributed by atoms with Gasteiger partial charge in [0.15, 0.2) is 0 Å². The van der Waals surface area contributed by atoms with Crippen molar-refractivity contribution in [3.8, 4) is 0 Å². The zero-order chi connectivity index (χ0) is 9.97. The molecule has 0 saturated carbocycles. The summed E-state index contributed by atoms with van der Waals surface area (Å²) in [5, 5.41) is 0.794. The molecule has 0 amide bonds. The third-order valence-electron chi connectivity index (χ3n) is 2.61. The Kier molecular flexibility index (Phi) is 3.47. The monoisotopic (exact) mass is 273 g/mol. The van der Waals surface area contributed by atoms with Gasteiger partial charge in [0.2, 0.25) is 0 Å². The van der Waals surface area contributed by atoms with E-state index in [1.165, 1.54) is 31.5 Å². The molecule has 1 aliphatic rings. The van der Waals surface area contributed by atoms with E-state index in [2.05, 4.69) is 26.9 Å². The van der Waals surface area contributed by atoms with E-state index in [9.17, 15) is 0 Å². The molecule has 0 atom stereocenters. The van der Waals surface area contributed by atoms with E-state index in [0.717, 1.165) is 16.0 Å². The fraction of sp³-hybridized carbons (Fsp3) is 0.455. The van der Waals surface area contributed by atoms with Crippen molar-refractivity contribution in [2.75, 3.05) is 13.1 Å². The molecule has 0 bridgehead atoms. The van der Waals surface area contributed by atoms with Gasteiger partial charge < -0.3 is 0 Å². The molecule has 0 N–H and O–H groups in total. The second-order valence-corrected chi connectivity index (χ2v) is 5.01. The van der Waals surface area contributed by atoms with Crippen LogP contribution < -0.4 is 0 Å². The van der Waals surface area contributed by atoms with Crippen molar-refractivity contribution in [3.05, 3.63) is 33.3 Å². The maximum Gasteiger partial charge on any atom is 0.0417 e. The summed E-state index contributed by atoms with van der Waals surface area (Å²) < 4.78 is 1.12. The molecule has 3 heteroatoms. The van der Waals surface area contributed by atoms with Crippen molar-refractivity contribution >= 4 is 27.5 Å². The van der Waals surface area contributed by atoms with Crippen LogP contribution in [-0.4, -0.2) is 18.0 Å². The molecule has 0 aromatic heterocycles. The minimum absolute atomic E-state index is 0.794. The largest absolute Gasteiger partial charge is 0.299 e. The van der Waals surface area contributed by atoms with Crippen molar-refractivity contribution in [1.82, 2.24) is 4.90 Å². The Bertz CT molecular complexity index is 321. The van der Waals surface area contributed by atoms with Gasteiger partial charge in [0.05, 0.1) is 0 Å². The standard InChI is InChI=1S/C11H13BrClN/c12-11-7-10(13)4-3-9(11)8-14-5-1-2-6-14/h3-4,7H,1-2,5-6,8H2. The number of rotatable bonds is 2. The van der Waals surface area contributed by atoms with E-state index in [-0.39, 0.29) is 0 Å². The average molecular weight is 275 g/mol. The van der Waals surface area contributed by atoms with Crippen LogP contribution in [0.15, 0.2) is 22.7 Å². The minimum atomic E-state index is 0.794. The first-order valence-electron chi connectivity index (χ1n) is 4.92. The van der Waals surface area contributed by atoms with Gasteiger partial charge in [0.1, 0.15) is 0 Å². The third-order valence-corrected chi connectivity index (χ3v) is 3.58. The Morgan fingerprint density at radius 1 is 1.29 bits per heavy atom. The van der Waals surface area contributed by atoms with Crippen molar-refractivity contribution in [2.45, 2.75) is 19.4 Å². The molecule has 2 rings (SSSR count). The molecule has 1 nitrogen and oxygen atoms in total. The zero-order valence-corrected chi connectivity index (χ0v) is 10.3. The van der Waals surface area contributed by atoms with Crippen LogP contribution in [0.3, 0.4) is 0 Å². The van der Waals surface area contributed by atoms with Crippen molar-refractivity contribution in [2.24, 2.45) is 0 Å². The molecule has 0 radical (unpaired) electrons. The van der Waals surface area contributed by atoms with Crippen LogP contribution in [-0.2, 0) is 6.54 Å². The number of hydrogen-bond acceptors (Lipinski definition) is 1. The smallest absolute Gasteiger partial charge is 0.0417 e. The van der Waals surface area contributed by atoms with E-state index in [0.29, 0.717) is 0 Å². The quantitative estimate of drug-likeness (QED) is 0.795. The van der Waals surface area contributed by atoms with E-state index in [1.807, 2.05) is 12.1 Å². The van der Waals surface area contributed by atoms with Gasteiger partial charge in [-0.2, -0.15) is 0 Å². The first-order chi connectivity index (χ1) is 6.75. The van der Waals surface area contributed by atoms with Gasteiger partial charge >= 0.3 is 0 Å². The highest BCUT2D eigenvalue weighted by Crippen LogP contribution is 2.23. The summed E-state index contributed by atoms with van der Waals surface area (Å²) >= 11 is 9.43. The van der Waals surface area contributed by atoms with Crippen LogP contribution in [0.4, 0.5) is 0 Å². The molecule has 76 valence electrons. The number of nitrogens with zero attached hydrogens (tertiary/aromatic N) is 1. The van der Waals surface area contributed by atoms with Crippen molar-refractivity contribution in [1.29, 1.82) is 0 Å². The Morgan fingerprint density at radius 2 is 2.00 bits per heavy atom. The third kappa shape index (κ3) is 2.50. The van der Waals surface area contributed by atoms with Gasteiger partial charge in [0, 0.05) is 16.0 Å². The van der Waals surface area contributed by atoms with Crippen LogP contribution in [0, 0.1) is 0 Å². The van der Waals surface area contributed by atoms with E-state index in [1.54, 1.807) is 0 Å². The molecule has 0 spiro atoms. The summed E-state index contributed by atoms with van der Waals surface area (Å²) in [5.74, 6) is 0. The van der Waals surface area contributed by atoms with Crippen molar-refractivity contribution < 1.29 is 0 Å². The van der Waals surface area contributed by atoms with Crippen LogP contribution in [0.5, 0.6) is 0 Å². The summed E-state index contributed by atoms with van der Waals surface area (Å²) in [4.78, 5) is 2.48. The number of halogens is 2. The predicted molar refractivity (Wildman–Crippen MR) is 63.7 cm³/mol. The molecule has 1 aromatic rings. The first kappa shape index (κ1) is 10.5. The van der Waals surface area contributed by atoms with Gasteiger partial charge in [-0.1, -0.05) is 33.6 Å². The van der Waals surface area contributed by atoms with Gasteiger partial charge in [-0.15, -0.1) is 0 Å². The van der Waals surface area contributed by atoms with Crippen LogP contribution in [0.1, 0.15) is 18.4 Å². The summed E-state index contributed by atoms with van der Waals surface area (Å²) in [5.41, 5.74) is 1.33. The predicted octanol–water partition coefficient (Wildman–Crippen LogP) is 3.70. The Labute approximate surface area is 98.2 Å². The lowest BCUT2D eigenvalue weighted by Crippen LogP contribution is -2.18. The molecule has 1 fully saturated rings. The van der Waals surface area contributed by atoms with E-state index in [4.69, 9.17) is 11.6 Å². The summed E-state index contributed by atoms with van der Waals surface area (Å²) in [7, 11) is 0. The minimum Gasteiger partial charge on any atom is -0.299 e. The molecule has 1 aliphatic heterocycles. The summed E-state index contributed by atoms with van der Waals surface area (Å²) in [6, 6.07) is 6.02. The molecule has 14 heavy (non-hydrogen) atoms. The number of benzene rings is 1. The van der Waals surface area contributed by atoms with Gasteiger partial charge in [-0.25, -0.2) is 0 Å². The molecule has 1 aromatic carbocycles. The van der Waals surface area contributed by atoms with Crippen LogP contribution in [0.25, 0.3) is 0 Å². The van der Waals surface area contributed by atoms with Gasteiger partial charge in [-0.05, 0) is 43.6 Å². The normalized spacial score (nSPS) is 17.6. The molecular formula is C11H13BrClN. The Morgan fingerprint density at radius 3 is 2.64 bits per heavy atom. The highest BCUT2D eigenvalue weighted by molar-refractivity contribution is 9.10. The Balaban J connectivity index is 2.08. The number of hydrogen-bond donors (Lipinski definition) is 0. The topological polar surface area (TPSA) is 3.24 Å². The Hall–Kier alpha value is -0.0500. The maximum absolute atomic E-state index is 5.89. The molecular weight excluding hydrogens is 261 g/mol. The van der Waals surface area contributed by atoms with Crippen LogP contribution >= 0.6 is 27.5 Å². The van der Waals surface area contributed by atoms with Gasteiger partial charge in [-0.3, -0.25) is 4.90 Å². The molecule has 0 unspecified atom stereocenters. The van der Waals surface area contributed by atoms with Crippen molar-refractivity contribution in [3.63, 3.8) is 0 Å². The second-order valence-electron chi connectivity index (χ2n) is 3.72. The first-order valence-corrected chi connectivity index (χ1v) is 6.09. The maximum atomic E-state index is 5.89. The second kappa shape index (κ2) is 4.65. The SMILES string of the molecule is Clc1ccc(CN2CCCC2)c(Br)c1. The fourth-order valence-electron chi connectivity index (χ4n) is 1.83. The fourth-order valence-corrected chi connectivity index (χ4v) is 2.64. The molecule has 1 heterocycles. The molecule has 0 aliphatic carbocycles. The lowest BCUT2D eigenvalue weighted by Gasteiger charge is -2.15. The van der Waals surface area contributed by atoms with E-state index >= 15 is 0 Å². The molecule has 1 saturated heterocycles. The van der Waals surface area contributed by atoms with Crippen LogP contribution in [0.2, 0.25) is 5.02 Å². The summed E-state index contributed by atoms with van der Waals surface area (Å²) in [6.45, 7) is 3.50. The highest BCUT2D eigenvalue weighted by atomic mass is 79.9. The number of likely N-dealkylation sites (tertiary alicyclic amines) is 1. The van der Waals surface area contributed by atoms with Gasteiger partial charge in [0.25, 0.3) is 0 Å². The van der Waals surface area contributed by atoms with E-state index < -0.39 is 0 Å².